The van der Waals surface area contributed by atoms with Crippen molar-refractivity contribution in [2.24, 2.45) is 0 Å². The number of hydrogen-bond donors (Lipinski definition) is 1. The maximum atomic E-state index is 11.9. The normalized spacial score (nSPS) is 11.1. The summed E-state index contributed by atoms with van der Waals surface area (Å²) < 4.78 is 3.87. The number of nitrogens with zero attached hydrogens (tertiary/aromatic N) is 3. The summed E-state index contributed by atoms with van der Waals surface area (Å²) in [6.07, 6.45) is 3.54. The minimum Gasteiger partial charge on any atom is -0.398 e. The molecule has 2 aromatic heterocycles. The predicted octanol–water partition coefficient (Wildman–Crippen LogP) is 2.02. The number of hydrogen-bond acceptors (Lipinski definition) is 3. The quantitative estimate of drug-likeness (QED) is 0.943. The molecule has 0 amide bonds. The molecule has 2 heterocycles. The molecule has 96 valence electrons. The molecule has 0 aliphatic carbocycles. The summed E-state index contributed by atoms with van der Waals surface area (Å²) in [5.74, 6) is 0. The first-order valence-corrected chi connectivity index (χ1v) is 6.46. The third kappa shape index (κ3) is 2.64. The molecule has 5 nitrogen and oxygen atoms in total. The molecule has 0 fully saturated rings. The number of pyridine rings is 1. The summed E-state index contributed by atoms with van der Waals surface area (Å²) in [5, 5.41) is 4.41. The maximum Gasteiger partial charge on any atom is 0.265 e. The molecule has 0 saturated carbocycles. The molecule has 0 bridgehead atoms. The summed E-state index contributed by atoms with van der Waals surface area (Å²) >= 11 is 3.20. The van der Waals surface area contributed by atoms with E-state index in [1.165, 1.54) is 0 Å². The van der Waals surface area contributed by atoms with Crippen molar-refractivity contribution in [2.45, 2.75) is 26.4 Å². The second kappa shape index (κ2) is 4.97. The SMILES string of the molecule is CC(C)n1ccc(Cn2cc(N)cc(Br)c2=O)n1. The highest BCUT2D eigenvalue weighted by Gasteiger charge is 2.06. The smallest absolute Gasteiger partial charge is 0.265 e. The first-order valence-electron chi connectivity index (χ1n) is 5.67. The van der Waals surface area contributed by atoms with Crippen LogP contribution < -0.4 is 11.3 Å². The van der Waals surface area contributed by atoms with Crippen molar-refractivity contribution in [3.63, 3.8) is 0 Å². The first kappa shape index (κ1) is 12.9. The van der Waals surface area contributed by atoms with Crippen LogP contribution in [-0.2, 0) is 6.54 Å². The molecule has 0 saturated heterocycles. The van der Waals surface area contributed by atoms with Crippen LogP contribution in [0.15, 0.2) is 33.8 Å². The van der Waals surface area contributed by atoms with Crippen molar-refractivity contribution >= 4 is 21.6 Å². The lowest BCUT2D eigenvalue weighted by Crippen LogP contribution is -2.21. The van der Waals surface area contributed by atoms with Gasteiger partial charge in [0.05, 0.1) is 16.7 Å². The summed E-state index contributed by atoms with van der Waals surface area (Å²) in [5.41, 5.74) is 6.99. The topological polar surface area (TPSA) is 65.8 Å². The standard InChI is InChI=1S/C12H15BrN4O/c1-8(2)17-4-3-10(15-17)7-16-6-9(14)5-11(13)12(16)18/h3-6,8H,7,14H2,1-2H3. The Bertz CT molecular complexity index is 615. The van der Waals surface area contributed by atoms with Gasteiger partial charge in [-0.1, -0.05) is 0 Å². The van der Waals surface area contributed by atoms with Crippen LogP contribution in [0.2, 0.25) is 0 Å². The van der Waals surface area contributed by atoms with E-state index < -0.39 is 0 Å². The molecule has 0 spiro atoms. The van der Waals surface area contributed by atoms with E-state index in [1.54, 1.807) is 16.8 Å². The van der Waals surface area contributed by atoms with E-state index in [9.17, 15) is 4.79 Å². The lowest BCUT2D eigenvalue weighted by molar-refractivity contribution is 0.523. The molecule has 2 N–H and O–H groups in total. The Morgan fingerprint density at radius 3 is 2.83 bits per heavy atom. The van der Waals surface area contributed by atoms with Gasteiger partial charge >= 0.3 is 0 Å². The highest BCUT2D eigenvalue weighted by molar-refractivity contribution is 9.10. The van der Waals surface area contributed by atoms with Crippen molar-refractivity contribution in [1.82, 2.24) is 14.3 Å². The molecular weight excluding hydrogens is 296 g/mol. The Kier molecular flexibility index (Phi) is 3.56. The zero-order valence-corrected chi connectivity index (χ0v) is 11.9. The number of halogens is 1. The monoisotopic (exact) mass is 310 g/mol. The Hall–Kier alpha value is -1.56. The molecule has 2 rings (SSSR count). The predicted molar refractivity (Wildman–Crippen MR) is 74.5 cm³/mol. The van der Waals surface area contributed by atoms with Gasteiger partial charge in [0.1, 0.15) is 0 Å². The van der Waals surface area contributed by atoms with Gasteiger partial charge in [0, 0.05) is 24.1 Å². The Labute approximate surface area is 113 Å². The second-order valence-corrected chi connectivity index (χ2v) is 5.29. The Morgan fingerprint density at radius 2 is 2.22 bits per heavy atom. The molecule has 2 aromatic rings. The van der Waals surface area contributed by atoms with E-state index in [-0.39, 0.29) is 5.56 Å². The van der Waals surface area contributed by atoms with Crippen LogP contribution >= 0.6 is 15.9 Å². The van der Waals surface area contributed by atoms with Gasteiger partial charge in [-0.3, -0.25) is 9.48 Å². The number of nitrogen functional groups attached to an aromatic ring is 1. The molecule has 0 atom stereocenters. The van der Waals surface area contributed by atoms with Crippen molar-refractivity contribution in [3.8, 4) is 0 Å². The molecule has 0 unspecified atom stereocenters. The first-order chi connectivity index (χ1) is 8.47. The lowest BCUT2D eigenvalue weighted by atomic mass is 10.4. The van der Waals surface area contributed by atoms with E-state index in [0.717, 1.165) is 5.69 Å². The van der Waals surface area contributed by atoms with E-state index in [0.29, 0.717) is 22.7 Å². The average molecular weight is 311 g/mol. The molecule has 0 radical (unpaired) electrons. The van der Waals surface area contributed by atoms with Crippen molar-refractivity contribution in [3.05, 3.63) is 45.0 Å². The minimum atomic E-state index is -0.108. The molecule has 0 aliphatic rings. The zero-order valence-electron chi connectivity index (χ0n) is 10.3. The average Bonchev–Trinajstić information content (AvgIpc) is 2.74. The number of aromatic nitrogens is 3. The van der Waals surface area contributed by atoms with Crippen LogP contribution in [0.25, 0.3) is 0 Å². The van der Waals surface area contributed by atoms with Crippen LogP contribution in [0.4, 0.5) is 5.69 Å². The van der Waals surface area contributed by atoms with Gasteiger partial charge in [-0.05, 0) is 41.9 Å². The molecule has 18 heavy (non-hydrogen) atoms. The zero-order chi connectivity index (χ0) is 13.3. The Balaban J connectivity index is 2.31. The van der Waals surface area contributed by atoms with Crippen molar-refractivity contribution < 1.29 is 0 Å². The number of anilines is 1. The van der Waals surface area contributed by atoms with Gasteiger partial charge in [0.25, 0.3) is 5.56 Å². The lowest BCUT2D eigenvalue weighted by Gasteiger charge is -2.06. The molecule has 0 aromatic carbocycles. The van der Waals surface area contributed by atoms with Crippen molar-refractivity contribution in [2.75, 3.05) is 5.73 Å². The van der Waals surface area contributed by atoms with Gasteiger partial charge in [-0.15, -0.1) is 0 Å². The number of rotatable bonds is 3. The third-order valence-corrected chi connectivity index (χ3v) is 3.16. The molecule has 6 heteroatoms. The van der Waals surface area contributed by atoms with Crippen LogP contribution in [0.5, 0.6) is 0 Å². The van der Waals surface area contributed by atoms with Gasteiger partial charge in [0.15, 0.2) is 0 Å². The second-order valence-electron chi connectivity index (χ2n) is 4.44. The summed E-state index contributed by atoms with van der Waals surface area (Å²) in [7, 11) is 0. The fourth-order valence-corrected chi connectivity index (χ4v) is 2.15. The van der Waals surface area contributed by atoms with Gasteiger partial charge in [-0.25, -0.2) is 0 Å². The molecule has 0 aliphatic heterocycles. The van der Waals surface area contributed by atoms with E-state index in [1.807, 2.05) is 16.9 Å². The van der Waals surface area contributed by atoms with Gasteiger partial charge in [0.2, 0.25) is 0 Å². The largest absolute Gasteiger partial charge is 0.398 e. The van der Waals surface area contributed by atoms with Crippen LogP contribution in [0.3, 0.4) is 0 Å². The number of nitrogens with two attached hydrogens (primary N) is 1. The van der Waals surface area contributed by atoms with E-state index >= 15 is 0 Å². The van der Waals surface area contributed by atoms with Crippen LogP contribution in [-0.4, -0.2) is 14.3 Å². The van der Waals surface area contributed by atoms with E-state index in [2.05, 4.69) is 34.9 Å². The van der Waals surface area contributed by atoms with E-state index in [4.69, 9.17) is 5.73 Å². The van der Waals surface area contributed by atoms with Crippen LogP contribution in [0.1, 0.15) is 25.6 Å². The highest BCUT2D eigenvalue weighted by atomic mass is 79.9. The summed E-state index contributed by atoms with van der Waals surface area (Å²) in [4.78, 5) is 11.9. The van der Waals surface area contributed by atoms with Gasteiger partial charge in [-0.2, -0.15) is 5.10 Å². The maximum absolute atomic E-state index is 11.9. The summed E-state index contributed by atoms with van der Waals surface area (Å²) in [6.45, 7) is 4.53. The van der Waals surface area contributed by atoms with Crippen LogP contribution in [0, 0.1) is 0 Å². The minimum absolute atomic E-state index is 0.108. The third-order valence-electron chi connectivity index (χ3n) is 2.59. The molecular formula is C12H15BrN4O. The summed E-state index contributed by atoms with van der Waals surface area (Å²) in [6, 6.07) is 3.82. The highest BCUT2D eigenvalue weighted by Crippen LogP contribution is 2.10. The van der Waals surface area contributed by atoms with Crippen molar-refractivity contribution in [1.29, 1.82) is 0 Å². The van der Waals surface area contributed by atoms with Gasteiger partial charge < -0.3 is 10.3 Å². The fraction of sp³-hybridized carbons (Fsp3) is 0.333. The Morgan fingerprint density at radius 1 is 1.50 bits per heavy atom. The fourth-order valence-electron chi connectivity index (χ4n) is 1.66.